The second-order valence-electron chi connectivity index (χ2n) is 3.95. The number of hydrogen-bond acceptors (Lipinski definition) is 0. The van der Waals surface area contributed by atoms with Crippen molar-refractivity contribution in [1.82, 2.24) is 0 Å². The summed E-state index contributed by atoms with van der Waals surface area (Å²) >= 11 is 0. The highest BCUT2D eigenvalue weighted by molar-refractivity contribution is 5.24. The maximum Gasteiger partial charge on any atom is 0.112 e. The molecule has 0 saturated carbocycles. The van der Waals surface area contributed by atoms with Crippen molar-refractivity contribution in [3.63, 3.8) is 0 Å². The van der Waals surface area contributed by atoms with Gasteiger partial charge in [0.1, 0.15) is 6.04 Å². The van der Waals surface area contributed by atoms with Gasteiger partial charge in [-0.05, 0) is 12.0 Å². The highest BCUT2D eigenvalue weighted by Gasteiger charge is 2.13. The highest BCUT2D eigenvalue weighted by atomic mass is 14.6. The van der Waals surface area contributed by atoms with Crippen LogP contribution in [0.5, 0.6) is 0 Å². The summed E-state index contributed by atoms with van der Waals surface area (Å²) in [6.07, 6.45) is 1.11. The second kappa shape index (κ2) is 4.43. The van der Waals surface area contributed by atoms with E-state index >= 15 is 0 Å². The molecule has 1 aromatic rings. The fraction of sp³-hybridized carbons (Fsp3) is 0.500. The molecule has 0 aliphatic rings. The van der Waals surface area contributed by atoms with Crippen molar-refractivity contribution in [2.24, 2.45) is 5.92 Å². The molecule has 0 unspecified atom stereocenters. The van der Waals surface area contributed by atoms with Crippen molar-refractivity contribution in [2.75, 3.05) is 0 Å². The molecular formula is C12H20N+. The zero-order valence-electron chi connectivity index (χ0n) is 8.88. The molecule has 0 fully saturated rings. The Kier molecular flexibility index (Phi) is 3.49. The molecule has 1 rings (SSSR count). The first kappa shape index (κ1) is 10.3. The Labute approximate surface area is 81.0 Å². The predicted octanol–water partition coefficient (Wildman–Crippen LogP) is 2.19. The van der Waals surface area contributed by atoms with Crippen LogP contribution in [-0.4, -0.2) is 0 Å². The summed E-state index contributed by atoms with van der Waals surface area (Å²) in [6.45, 7) is 6.61. The topological polar surface area (TPSA) is 27.6 Å². The molecular weight excluding hydrogens is 158 g/mol. The van der Waals surface area contributed by atoms with E-state index in [1.165, 1.54) is 11.1 Å². The van der Waals surface area contributed by atoms with Gasteiger partial charge in [0.05, 0.1) is 0 Å². The van der Waals surface area contributed by atoms with Crippen LogP contribution in [0.25, 0.3) is 0 Å². The van der Waals surface area contributed by atoms with Crippen molar-refractivity contribution in [3.8, 4) is 0 Å². The number of hydrogen-bond donors (Lipinski definition) is 1. The summed E-state index contributed by atoms with van der Waals surface area (Å²) < 4.78 is 0. The van der Waals surface area contributed by atoms with Crippen LogP contribution in [0.15, 0.2) is 24.3 Å². The maximum atomic E-state index is 4.16. The summed E-state index contributed by atoms with van der Waals surface area (Å²) in [5.74, 6) is 0.618. The minimum absolute atomic E-state index is 0.422. The average Bonchev–Trinajstić information content (AvgIpc) is 2.17. The SMILES string of the molecule is CCc1ccc([C@@H]([NH3+])C(C)C)cc1. The molecule has 1 heteroatoms. The normalized spacial score (nSPS) is 13.3. The Hall–Kier alpha value is -0.820. The van der Waals surface area contributed by atoms with E-state index < -0.39 is 0 Å². The molecule has 1 atom stereocenters. The Morgan fingerprint density at radius 1 is 1.15 bits per heavy atom. The van der Waals surface area contributed by atoms with E-state index in [1.807, 2.05) is 0 Å². The van der Waals surface area contributed by atoms with E-state index in [0.29, 0.717) is 12.0 Å². The third kappa shape index (κ3) is 2.56. The van der Waals surface area contributed by atoms with Crippen molar-refractivity contribution in [3.05, 3.63) is 35.4 Å². The number of rotatable bonds is 3. The van der Waals surface area contributed by atoms with Gasteiger partial charge in [0.15, 0.2) is 0 Å². The van der Waals surface area contributed by atoms with E-state index in [1.54, 1.807) is 0 Å². The first-order valence-corrected chi connectivity index (χ1v) is 5.07. The van der Waals surface area contributed by atoms with E-state index in [9.17, 15) is 0 Å². The molecule has 1 aromatic carbocycles. The fourth-order valence-corrected chi connectivity index (χ4v) is 1.39. The van der Waals surface area contributed by atoms with E-state index in [4.69, 9.17) is 0 Å². The fourth-order valence-electron chi connectivity index (χ4n) is 1.39. The second-order valence-corrected chi connectivity index (χ2v) is 3.95. The molecule has 0 heterocycles. The highest BCUT2D eigenvalue weighted by Crippen LogP contribution is 2.17. The van der Waals surface area contributed by atoms with E-state index in [0.717, 1.165) is 6.42 Å². The Bertz CT molecular complexity index is 248. The molecule has 1 nitrogen and oxygen atoms in total. The van der Waals surface area contributed by atoms with Crippen LogP contribution in [0.4, 0.5) is 0 Å². The summed E-state index contributed by atoms with van der Waals surface area (Å²) in [5.41, 5.74) is 6.92. The van der Waals surface area contributed by atoms with Crippen LogP contribution in [0.2, 0.25) is 0 Å². The standard InChI is InChI=1S/C12H19N/c1-4-10-5-7-11(8-6-10)12(13)9(2)3/h5-9,12H,4,13H2,1-3H3/p+1/t12-/m0/s1. The monoisotopic (exact) mass is 178 g/mol. The maximum absolute atomic E-state index is 4.16. The van der Waals surface area contributed by atoms with Gasteiger partial charge in [-0.25, -0.2) is 0 Å². The summed E-state index contributed by atoms with van der Waals surface area (Å²) in [5, 5.41) is 0. The van der Waals surface area contributed by atoms with Crippen LogP contribution >= 0.6 is 0 Å². The molecule has 0 spiro atoms. The summed E-state index contributed by atoms with van der Waals surface area (Å²) in [4.78, 5) is 0. The predicted molar refractivity (Wildman–Crippen MR) is 56.3 cm³/mol. The quantitative estimate of drug-likeness (QED) is 0.735. The molecule has 0 saturated heterocycles. The van der Waals surface area contributed by atoms with Crippen molar-refractivity contribution < 1.29 is 5.73 Å². The number of benzene rings is 1. The van der Waals surface area contributed by atoms with Gasteiger partial charge in [-0.1, -0.05) is 45.0 Å². The van der Waals surface area contributed by atoms with Gasteiger partial charge < -0.3 is 5.73 Å². The summed E-state index contributed by atoms with van der Waals surface area (Å²) in [7, 11) is 0. The first-order chi connectivity index (χ1) is 6.15. The third-order valence-corrected chi connectivity index (χ3v) is 2.62. The smallest absolute Gasteiger partial charge is 0.112 e. The van der Waals surface area contributed by atoms with Gasteiger partial charge in [0.25, 0.3) is 0 Å². The zero-order valence-corrected chi connectivity index (χ0v) is 8.88. The lowest BCUT2D eigenvalue weighted by atomic mass is 9.96. The zero-order chi connectivity index (χ0) is 9.84. The van der Waals surface area contributed by atoms with Crippen molar-refractivity contribution in [1.29, 1.82) is 0 Å². The van der Waals surface area contributed by atoms with Gasteiger partial charge in [-0.3, -0.25) is 0 Å². The lowest BCUT2D eigenvalue weighted by Crippen LogP contribution is -2.55. The lowest BCUT2D eigenvalue weighted by Gasteiger charge is -2.12. The molecule has 13 heavy (non-hydrogen) atoms. The minimum atomic E-state index is 0.422. The molecule has 72 valence electrons. The average molecular weight is 178 g/mol. The Morgan fingerprint density at radius 2 is 1.69 bits per heavy atom. The molecule has 0 bridgehead atoms. The number of quaternary nitrogens is 1. The van der Waals surface area contributed by atoms with Crippen molar-refractivity contribution in [2.45, 2.75) is 33.2 Å². The van der Waals surface area contributed by atoms with Gasteiger partial charge >= 0.3 is 0 Å². The van der Waals surface area contributed by atoms with Crippen LogP contribution in [-0.2, 0) is 6.42 Å². The summed E-state index contributed by atoms with van der Waals surface area (Å²) in [6, 6.07) is 9.24. The van der Waals surface area contributed by atoms with Gasteiger partial charge in [-0.15, -0.1) is 0 Å². The molecule has 0 radical (unpaired) electrons. The van der Waals surface area contributed by atoms with E-state index in [2.05, 4.69) is 50.8 Å². The van der Waals surface area contributed by atoms with Crippen LogP contribution in [0.3, 0.4) is 0 Å². The number of aryl methyl sites for hydroxylation is 1. The lowest BCUT2D eigenvalue weighted by molar-refractivity contribution is -0.438. The van der Waals surface area contributed by atoms with Crippen LogP contribution in [0.1, 0.15) is 37.9 Å². The van der Waals surface area contributed by atoms with E-state index in [-0.39, 0.29) is 0 Å². The Morgan fingerprint density at radius 3 is 2.08 bits per heavy atom. The molecule has 0 aliphatic carbocycles. The minimum Gasteiger partial charge on any atom is -0.351 e. The van der Waals surface area contributed by atoms with Crippen molar-refractivity contribution >= 4 is 0 Å². The van der Waals surface area contributed by atoms with Gasteiger partial charge in [0.2, 0.25) is 0 Å². The molecule has 3 N–H and O–H groups in total. The van der Waals surface area contributed by atoms with Crippen LogP contribution < -0.4 is 5.73 Å². The van der Waals surface area contributed by atoms with Gasteiger partial charge in [-0.2, -0.15) is 0 Å². The van der Waals surface area contributed by atoms with Gasteiger partial charge in [0, 0.05) is 11.5 Å². The molecule has 0 aromatic heterocycles. The van der Waals surface area contributed by atoms with Crippen LogP contribution in [0, 0.1) is 5.92 Å². The molecule has 0 aliphatic heterocycles. The largest absolute Gasteiger partial charge is 0.351 e. The third-order valence-electron chi connectivity index (χ3n) is 2.62. The first-order valence-electron chi connectivity index (χ1n) is 5.07. The Balaban J connectivity index is 2.79. The molecule has 0 amide bonds.